The van der Waals surface area contributed by atoms with E-state index in [2.05, 4.69) is 9.97 Å². The molecule has 1 aliphatic heterocycles. The van der Waals surface area contributed by atoms with E-state index < -0.39 is 16.0 Å². The van der Waals surface area contributed by atoms with Gasteiger partial charge in [-0.15, -0.1) is 0 Å². The number of carboxylic acids is 1. The van der Waals surface area contributed by atoms with E-state index in [-0.39, 0.29) is 11.5 Å². The van der Waals surface area contributed by atoms with Crippen LogP contribution in [0.15, 0.2) is 36.8 Å². The molecule has 3 heterocycles. The number of piperidine rings is 1. The first-order valence-electron chi connectivity index (χ1n) is 11.1. The second-order valence-electron chi connectivity index (χ2n) is 8.81. The summed E-state index contributed by atoms with van der Waals surface area (Å²) >= 11 is 6.19. The van der Waals surface area contributed by atoms with Crippen LogP contribution < -0.4 is 4.90 Å². The quantitative estimate of drug-likeness (QED) is 0.501. The number of carboxylic acid groups (broad SMARTS) is 1. The van der Waals surface area contributed by atoms with Crippen molar-refractivity contribution in [2.24, 2.45) is 13.0 Å². The van der Waals surface area contributed by atoms with Crippen molar-refractivity contribution < 1.29 is 18.3 Å². The van der Waals surface area contributed by atoms with Gasteiger partial charge < -0.3 is 14.6 Å². The Morgan fingerprint density at radius 1 is 1.24 bits per heavy atom. The third-order valence-electron chi connectivity index (χ3n) is 6.38. The number of fused-ring (bicyclic) bond motifs is 1. The number of aromatic carboxylic acids is 1. The van der Waals surface area contributed by atoms with Crippen LogP contribution in [0.1, 0.15) is 28.8 Å². The van der Waals surface area contributed by atoms with E-state index in [9.17, 15) is 13.2 Å². The van der Waals surface area contributed by atoms with Gasteiger partial charge in [0, 0.05) is 67.7 Å². The maximum absolute atomic E-state index is 12.5. The zero-order valence-electron chi connectivity index (χ0n) is 19.2. The summed E-state index contributed by atoms with van der Waals surface area (Å²) in [6, 6.07) is 5.76. The molecular formula is C23H28ClN5O4S. The molecule has 1 saturated heterocycles. The first-order valence-corrected chi connectivity index (χ1v) is 13.3. The molecule has 0 aliphatic carbocycles. The van der Waals surface area contributed by atoms with Gasteiger partial charge in [-0.1, -0.05) is 11.6 Å². The molecule has 0 spiro atoms. The largest absolute Gasteiger partial charge is 0.478 e. The van der Waals surface area contributed by atoms with Crippen molar-refractivity contribution in [3.63, 3.8) is 0 Å². The molecule has 0 saturated carbocycles. The first-order chi connectivity index (χ1) is 16.1. The van der Waals surface area contributed by atoms with Crippen molar-refractivity contribution in [2.75, 3.05) is 37.3 Å². The van der Waals surface area contributed by atoms with Gasteiger partial charge in [0.15, 0.2) is 0 Å². The molecule has 3 aromatic rings. The Kier molecular flexibility index (Phi) is 7.11. The lowest BCUT2D eigenvalue weighted by Gasteiger charge is -2.34. The molecule has 0 bridgehead atoms. The van der Waals surface area contributed by atoms with Gasteiger partial charge in [0.25, 0.3) is 0 Å². The maximum Gasteiger partial charge on any atom is 0.338 e. The number of rotatable bonds is 8. The predicted octanol–water partition coefficient (Wildman–Crippen LogP) is 3.04. The highest BCUT2D eigenvalue weighted by atomic mass is 35.5. The normalized spacial score (nSPS) is 15.4. The summed E-state index contributed by atoms with van der Waals surface area (Å²) in [7, 11) is -1.39. The van der Waals surface area contributed by atoms with Crippen LogP contribution in [0.2, 0.25) is 5.02 Å². The maximum atomic E-state index is 12.5. The highest BCUT2D eigenvalue weighted by molar-refractivity contribution is 7.88. The minimum absolute atomic E-state index is 0.0518. The Balaban J connectivity index is 1.38. The van der Waals surface area contributed by atoms with E-state index in [4.69, 9.17) is 16.7 Å². The minimum atomic E-state index is -3.36. The Morgan fingerprint density at radius 2 is 1.91 bits per heavy atom. The van der Waals surface area contributed by atoms with Gasteiger partial charge in [-0.25, -0.2) is 27.5 Å². The molecule has 11 heteroatoms. The lowest BCUT2D eigenvalue weighted by atomic mass is 9.97. The first kappa shape index (κ1) is 24.4. The average Bonchev–Trinajstić information content (AvgIpc) is 3.11. The number of nitrogens with zero attached hydrogens (tertiary/aromatic N) is 5. The van der Waals surface area contributed by atoms with E-state index in [1.807, 2.05) is 40.9 Å². The van der Waals surface area contributed by atoms with E-state index >= 15 is 0 Å². The summed E-state index contributed by atoms with van der Waals surface area (Å²) in [5.41, 5.74) is 2.19. The fraction of sp³-hybridized carbons (Fsp3) is 0.435. The van der Waals surface area contributed by atoms with Gasteiger partial charge in [-0.05, 0) is 48.9 Å². The number of sulfonamides is 1. The van der Waals surface area contributed by atoms with Crippen LogP contribution in [0, 0.1) is 5.92 Å². The molecule has 1 aromatic carbocycles. The molecule has 0 atom stereocenters. The molecule has 0 unspecified atom stereocenters. The zero-order chi connectivity index (χ0) is 24.5. The Hall–Kier alpha value is -2.69. The smallest absolute Gasteiger partial charge is 0.338 e. The van der Waals surface area contributed by atoms with Crippen LogP contribution in [0.5, 0.6) is 0 Å². The lowest BCUT2D eigenvalue weighted by Crippen LogP contribution is -2.41. The average molecular weight is 506 g/mol. The molecule has 1 N–H and O–H groups in total. The van der Waals surface area contributed by atoms with E-state index in [0.717, 1.165) is 29.3 Å². The second-order valence-corrected chi connectivity index (χ2v) is 11.2. The van der Waals surface area contributed by atoms with Gasteiger partial charge in [0.2, 0.25) is 16.0 Å². The fourth-order valence-electron chi connectivity index (χ4n) is 4.48. The Labute approximate surface area is 204 Å². The zero-order valence-corrected chi connectivity index (χ0v) is 20.8. The van der Waals surface area contributed by atoms with Crippen molar-refractivity contribution in [3.05, 3.63) is 52.9 Å². The van der Waals surface area contributed by atoms with Gasteiger partial charge >= 0.3 is 5.97 Å². The number of halogens is 1. The number of aromatic nitrogens is 3. The van der Waals surface area contributed by atoms with E-state index in [0.29, 0.717) is 43.6 Å². The van der Waals surface area contributed by atoms with Crippen molar-refractivity contribution in [2.45, 2.75) is 19.3 Å². The summed E-state index contributed by atoms with van der Waals surface area (Å²) in [6.45, 7) is 2.26. The summed E-state index contributed by atoms with van der Waals surface area (Å²) < 4.78 is 28.7. The number of benzene rings is 1. The monoisotopic (exact) mass is 505 g/mol. The molecule has 1 aliphatic rings. The summed E-state index contributed by atoms with van der Waals surface area (Å²) in [4.78, 5) is 21.3. The van der Waals surface area contributed by atoms with Gasteiger partial charge in [-0.2, -0.15) is 0 Å². The standard InChI is InChI=1S/C23H28ClN5O4S/c1-27-15-17(20-11-19(24)3-4-21(20)27)7-10-29(34(2,32)33)14-16-5-8-28(9-6-16)23-25-12-18(13-26-23)22(30)31/h3-4,11-13,15-16H,5-10,14H2,1-2H3,(H,30,31). The predicted molar refractivity (Wildman–Crippen MR) is 132 cm³/mol. The molecule has 182 valence electrons. The number of aryl methyl sites for hydroxylation is 1. The van der Waals surface area contributed by atoms with Gasteiger partial charge in [0.1, 0.15) is 0 Å². The highest BCUT2D eigenvalue weighted by Crippen LogP contribution is 2.26. The van der Waals surface area contributed by atoms with Crippen LogP contribution in [-0.2, 0) is 23.5 Å². The molecular weight excluding hydrogens is 478 g/mol. The van der Waals surface area contributed by atoms with Crippen molar-refractivity contribution >= 4 is 44.4 Å². The van der Waals surface area contributed by atoms with Gasteiger partial charge in [-0.3, -0.25) is 0 Å². The van der Waals surface area contributed by atoms with Crippen LogP contribution in [0.3, 0.4) is 0 Å². The van der Waals surface area contributed by atoms with E-state index in [1.165, 1.54) is 18.6 Å². The molecule has 4 rings (SSSR count). The van der Waals surface area contributed by atoms with Gasteiger partial charge in [0.05, 0.1) is 11.8 Å². The molecule has 1 fully saturated rings. The highest BCUT2D eigenvalue weighted by Gasteiger charge is 2.26. The number of hydrogen-bond acceptors (Lipinski definition) is 6. The molecule has 0 radical (unpaired) electrons. The van der Waals surface area contributed by atoms with Crippen LogP contribution in [-0.4, -0.2) is 70.8 Å². The Morgan fingerprint density at radius 3 is 2.53 bits per heavy atom. The van der Waals surface area contributed by atoms with Crippen LogP contribution in [0.25, 0.3) is 10.9 Å². The topological polar surface area (TPSA) is 109 Å². The van der Waals surface area contributed by atoms with Crippen LogP contribution >= 0.6 is 11.6 Å². The molecule has 0 amide bonds. The van der Waals surface area contributed by atoms with Crippen LogP contribution in [0.4, 0.5) is 5.95 Å². The molecule has 34 heavy (non-hydrogen) atoms. The molecule has 9 nitrogen and oxygen atoms in total. The number of hydrogen-bond donors (Lipinski definition) is 1. The van der Waals surface area contributed by atoms with Crippen molar-refractivity contribution in [1.82, 2.24) is 18.8 Å². The van der Waals surface area contributed by atoms with E-state index in [1.54, 1.807) is 4.31 Å². The second kappa shape index (κ2) is 9.89. The third kappa shape index (κ3) is 5.51. The summed E-state index contributed by atoms with van der Waals surface area (Å²) in [6.07, 6.45) is 8.13. The van der Waals surface area contributed by atoms with Crippen molar-refractivity contribution in [1.29, 1.82) is 0 Å². The van der Waals surface area contributed by atoms with Crippen molar-refractivity contribution in [3.8, 4) is 0 Å². The Bertz CT molecular complexity index is 1280. The lowest BCUT2D eigenvalue weighted by molar-refractivity contribution is 0.0696. The number of carbonyl (C=O) groups is 1. The third-order valence-corrected chi connectivity index (χ3v) is 7.88. The SMILES string of the molecule is Cn1cc(CCN(CC2CCN(c3ncc(C(=O)O)cn3)CC2)S(C)(=O)=O)c2cc(Cl)ccc21. The minimum Gasteiger partial charge on any atom is -0.478 e. The summed E-state index contributed by atoms with van der Waals surface area (Å²) in [5, 5.41) is 10.7. The molecule has 2 aromatic heterocycles. The summed E-state index contributed by atoms with van der Waals surface area (Å²) in [5.74, 6) is -0.331. The fourth-order valence-corrected chi connectivity index (χ4v) is 5.56. The number of anilines is 1.